The maximum Gasteiger partial charge on any atom is 0.230 e. The predicted octanol–water partition coefficient (Wildman–Crippen LogP) is 3.22. The normalized spacial score (nSPS) is 17.4. The van der Waals surface area contributed by atoms with Crippen LogP contribution < -0.4 is 5.32 Å². The van der Waals surface area contributed by atoms with Crippen LogP contribution in [0.4, 0.5) is 0 Å². The van der Waals surface area contributed by atoms with Gasteiger partial charge in [0.2, 0.25) is 5.91 Å². The molecular weight excluding hydrogens is 270 g/mol. The third-order valence-electron chi connectivity index (χ3n) is 3.82. The summed E-state index contributed by atoms with van der Waals surface area (Å²) in [7, 11) is 0. The van der Waals surface area contributed by atoms with Crippen LogP contribution in [0.25, 0.3) is 0 Å². The quantitative estimate of drug-likeness (QED) is 0.848. The molecule has 5 heteroatoms. The number of thioether (sulfide) groups is 1. The molecule has 20 heavy (non-hydrogen) atoms. The van der Waals surface area contributed by atoms with Gasteiger partial charge in [-0.15, -0.1) is 0 Å². The van der Waals surface area contributed by atoms with Crippen LogP contribution in [0.2, 0.25) is 0 Å². The highest BCUT2D eigenvalue weighted by Gasteiger charge is 2.14. The second-order valence-electron chi connectivity index (χ2n) is 5.39. The van der Waals surface area contributed by atoms with Crippen molar-refractivity contribution in [3.05, 3.63) is 12.4 Å². The smallest absolute Gasteiger partial charge is 0.230 e. The number of aryl methyl sites for hydroxylation is 1. The summed E-state index contributed by atoms with van der Waals surface area (Å²) in [6.07, 6.45) is 12.5. The monoisotopic (exact) mass is 295 g/mol. The fourth-order valence-electron chi connectivity index (χ4n) is 2.68. The number of hydrogen-bond donors (Lipinski definition) is 1. The Bertz CT molecular complexity index is 411. The second kappa shape index (κ2) is 8.35. The fraction of sp³-hybridized carbons (Fsp3) is 0.733. The van der Waals surface area contributed by atoms with E-state index < -0.39 is 0 Å². The van der Waals surface area contributed by atoms with Crippen LogP contribution in [0.5, 0.6) is 0 Å². The molecule has 1 aliphatic rings. The molecular formula is C15H25N3OS. The molecule has 2 rings (SSSR count). The molecule has 0 bridgehead atoms. The number of imidazole rings is 1. The van der Waals surface area contributed by atoms with Crippen LogP contribution in [-0.4, -0.2) is 27.3 Å². The van der Waals surface area contributed by atoms with E-state index in [0.717, 1.165) is 24.5 Å². The van der Waals surface area contributed by atoms with Crippen LogP contribution in [0, 0.1) is 0 Å². The first kappa shape index (κ1) is 15.4. The highest BCUT2D eigenvalue weighted by Crippen LogP contribution is 2.18. The zero-order valence-corrected chi connectivity index (χ0v) is 13.1. The van der Waals surface area contributed by atoms with Gasteiger partial charge >= 0.3 is 0 Å². The number of nitrogens with zero attached hydrogens (tertiary/aromatic N) is 2. The molecule has 1 fully saturated rings. The maximum atomic E-state index is 12.0. The van der Waals surface area contributed by atoms with E-state index in [1.54, 1.807) is 6.20 Å². The third-order valence-corrected chi connectivity index (χ3v) is 4.83. The summed E-state index contributed by atoms with van der Waals surface area (Å²) >= 11 is 1.52. The van der Waals surface area contributed by atoms with Gasteiger partial charge in [-0.1, -0.05) is 43.9 Å². The average molecular weight is 295 g/mol. The summed E-state index contributed by atoms with van der Waals surface area (Å²) < 4.78 is 2.06. The molecule has 1 N–H and O–H groups in total. The van der Waals surface area contributed by atoms with Crippen molar-refractivity contribution in [3.63, 3.8) is 0 Å². The van der Waals surface area contributed by atoms with Gasteiger partial charge < -0.3 is 9.88 Å². The zero-order chi connectivity index (χ0) is 14.2. The molecule has 0 radical (unpaired) electrons. The van der Waals surface area contributed by atoms with E-state index in [2.05, 4.69) is 21.8 Å². The third kappa shape index (κ3) is 4.85. The second-order valence-corrected chi connectivity index (χ2v) is 6.34. The summed E-state index contributed by atoms with van der Waals surface area (Å²) in [5, 5.41) is 4.12. The van der Waals surface area contributed by atoms with Crippen molar-refractivity contribution >= 4 is 17.7 Å². The summed E-state index contributed by atoms with van der Waals surface area (Å²) in [6, 6.07) is 0.384. The minimum atomic E-state index is 0.145. The number of hydrogen-bond acceptors (Lipinski definition) is 3. The van der Waals surface area contributed by atoms with Crippen LogP contribution in [0.15, 0.2) is 17.6 Å². The lowest BCUT2D eigenvalue weighted by atomic mass is 9.97. The van der Waals surface area contributed by atoms with Gasteiger partial charge in [0, 0.05) is 25.0 Å². The van der Waals surface area contributed by atoms with Crippen molar-refractivity contribution in [2.45, 2.75) is 69.6 Å². The Morgan fingerprint density at radius 1 is 1.35 bits per heavy atom. The number of carbonyl (C=O) groups is 1. The minimum absolute atomic E-state index is 0.145. The molecule has 1 aromatic rings. The van der Waals surface area contributed by atoms with Crippen molar-refractivity contribution in [1.29, 1.82) is 0 Å². The molecule has 0 spiro atoms. The van der Waals surface area contributed by atoms with Gasteiger partial charge in [-0.3, -0.25) is 4.79 Å². The highest BCUT2D eigenvalue weighted by molar-refractivity contribution is 7.99. The van der Waals surface area contributed by atoms with Crippen molar-refractivity contribution < 1.29 is 4.79 Å². The average Bonchev–Trinajstić information content (AvgIpc) is 2.87. The van der Waals surface area contributed by atoms with Crippen LogP contribution in [-0.2, 0) is 11.3 Å². The van der Waals surface area contributed by atoms with Crippen molar-refractivity contribution in [2.24, 2.45) is 0 Å². The van der Waals surface area contributed by atoms with Crippen molar-refractivity contribution in [1.82, 2.24) is 14.9 Å². The number of amides is 1. The van der Waals surface area contributed by atoms with E-state index in [9.17, 15) is 4.79 Å². The van der Waals surface area contributed by atoms with Gasteiger partial charge in [-0.05, 0) is 19.8 Å². The zero-order valence-electron chi connectivity index (χ0n) is 12.3. The molecule has 0 saturated heterocycles. The molecule has 112 valence electrons. The predicted molar refractivity (Wildman–Crippen MR) is 82.9 cm³/mol. The first-order chi connectivity index (χ1) is 9.79. The van der Waals surface area contributed by atoms with E-state index in [4.69, 9.17) is 0 Å². The van der Waals surface area contributed by atoms with Crippen molar-refractivity contribution in [2.75, 3.05) is 5.75 Å². The Balaban J connectivity index is 1.74. The minimum Gasteiger partial charge on any atom is -0.353 e. The highest BCUT2D eigenvalue weighted by atomic mass is 32.2. The van der Waals surface area contributed by atoms with Crippen LogP contribution >= 0.6 is 11.8 Å². The Labute approximate surface area is 125 Å². The summed E-state index contributed by atoms with van der Waals surface area (Å²) in [5.41, 5.74) is 0. The number of carbonyl (C=O) groups excluding carboxylic acids is 1. The molecule has 1 heterocycles. The summed E-state index contributed by atoms with van der Waals surface area (Å²) in [5.74, 6) is 0.610. The first-order valence-electron chi connectivity index (χ1n) is 7.73. The summed E-state index contributed by atoms with van der Waals surface area (Å²) in [6.45, 7) is 2.98. The standard InChI is InChI=1S/C15H25N3OS/c1-2-18-11-10-16-15(18)20-12-14(19)17-13-8-6-4-3-5-7-9-13/h10-11,13H,2-9,12H2,1H3,(H,17,19). The van der Waals surface area contributed by atoms with Gasteiger partial charge in [0.15, 0.2) is 5.16 Å². The van der Waals surface area contributed by atoms with E-state index in [1.165, 1.54) is 43.9 Å². The Morgan fingerprint density at radius 2 is 2.05 bits per heavy atom. The van der Waals surface area contributed by atoms with Crippen LogP contribution in [0.3, 0.4) is 0 Å². The number of aromatic nitrogens is 2. The topological polar surface area (TPSA) is 46.9 Å². The number of rotatable bonds is 5. The molecule has 0 unspecified atom stereocenters. The Morgan fingerprint density at radius 3 is 2.75 bits per heavy atom. The molecule has 1 aromatic heterocycles. The van der Waals surface area contributed by atoms with Crippen molar-refractivity contribution in [3.8, 4) is 0 Å². The van der Waals surface area contributed by atoms with Gasteiger partial charge in [-0.25, -0.2) is 4.98 Å². The van der Waals surface area contributed by atoms with E-state index in [0.29, 0.717) is 11.8 Å². The molecule has 1 aliphatic carbocycles. The Kier molecular flexibility index (Phi) is 6.43. The number of nitrogens with one attached hydrogen (secondary N) is 1. The molecule has 0 aliphatic heterocycles. The lowest BCUT2D eigenvalue weighted by molar-refractivity contribution is -0.119. The van der Waals surface area contributed by atoms with E-state index in [1.807, 2.05) is 6.20 Å². The molecule has 0 aromatic carbocycles. The lowest BCUT2D eigenvalue weighted by Gasteiger charge is -2.20. The molecule has 1 amide bonds. The lowest BCUT2D eigenvalue weighted by Crippen LogP contribution is -2.36. The van der Waals surface area contributed by atoms with Gasteiger partial charge in [0.1, 0.15) is 0 Å². The fourth-order valence-corrected chi connectivity index (χ4v) is 3.51. The summed E-state index contributed by atoms with van der Waals surface area (Å²) in [4.78, 5) is 16.3. The maximum absolute atomic E-state index is 12.0. The molecule has 1 saturated carbocycles. The first-order valence-corrected chi connectivity index (χ1v) is 8.71. The van der Waals surface area contributed by atoms with E-state index >= 15 is 0 Å². The van der Waals surface area contributed by atoms with Gasteiger partial charge in [0.05, 0.1) is 5.75 Å². The van der Waals surface area contributed by atoms with Gasteiger partial charge in [0.25, 0.3) is 0 Å². The Hall–Kier alpha value is -0.970. The largest absolute Gasteiger partial charge is 0.353 e. The van der Waals surface area contributed by atoms with Crippen LogP contribution in [0.1, 0.15) is 51.9 Å². The SMILES string of the molecule is CCn1ccnc1SCC(=O)NC1CCCCCCC1. The molecule has 4 nitrogen and oxygen atoms in total. The molecule has 0 atom stereocenters. The van der Waals surface area contributed by atoms with Gasteiger partial charge in [-0.2, -0.15) is 0 Å². The van der Waals surface area contributed by atoms with E-state index in [-0.39, 0.29) is 5.91 Å².